The lowest BCUT2D eigenvalue weighted by Gasteiger charge is -2.34. The molecule has 0 aliphatic carbocycles. The van der Waals surface area contributed by atoms with Gasteiger partial charge in [-0.25, -0.2) is 0 Å². The summed E-state index contributed by atoms with van der Waals surface area (Å²) in [6.07, 6.45) is 1.81. The number of pyridine rings is 1. The maximum absolute atomic E-state index is 12.7. The highest BCUT2D eigenvalue weighted by atomic mass is 35.5. The van der Waals surface area contributed by atoms with Gasteiger partial charge in [0, 0.05) is 60.8 Å². The summed E-state index contributed by atoms with van der Waals surface area (Å²) in [5.41, 5.74) is 4.31. The van der Waals surface area contributed by atoms with Gasteiger partial charge in [0.2, 0.25) is 0 Å². The number of aromatic nitrogens is 3. The number of likely N-dealkylation sites (N-methyl/N-ethyl adjacent to an activating group) is 1. The Morgan fingerprint density at radius 2 is 1.79 bits per heavy atom. The molecule has 4 aromatic rings. The summed E-state index contributed by atoms with van der Waals surface area (Å²) >= 11 is 6.10. The molecule has 3 heterocycles. The summed E-state index contributed by atoms with van der Waals surface area (Å²) < 4.78 is 1.85. The van der Waals surface area contributed by atoms with Gasteiger partial charge < -0.3 is 15.1 Å². The fourth-order valence-corrected chi connectivity index (χ4v) is 4.22. The van der Waals surface area contributed by atoms with Crippen LogP contribution in [0.2, 0.25) is 5.02 Å². The molecule has 5 rings (SSSR count). The van der Waals surface area contributed by atoms with Crippen LogP contribution in [0.25, 0.3) is 17.0 Å². The van der Waals surface area contributed by atoms with E-state index in [9.17, 15) is 4.79 Å². The Labute approximate surface area is 197 Å². The Kier molecular flexibility index (Phi) is 5.98. The fourth-order valence-electron chi connectivity index (χ4n) is 4.03. The van der Waals surface area contributed by atoms with E-state index in [1.807, 2.05) is 34.9 Å². The predicted octanol–water partition coefficient (Wildman–Crippen LogP) is 3.73. The molecular weight excluding hydrogens is 436 g/mol. The Morgan fingerprint density at radius 3 is 2.55 bits per heavy atom. The lowest BCUT2D eigenvalue weighted by Crippen LogP contribution is -2.44. The summed E-state index contributed by atoms with van der Waals surface area (Å²) in [5, 5.41) is 12.1. The van der Waals surface area contributed by atoms with Crippen molar-refractivity contribution in [1.82, 2.24) is 24.8 Å². The van der Waals surface area contributed by atoms with E-state index in [-0.39, 0.29) is 5.91 Å². The zero-order valence-corrected chi connectivity index (χ0v) is 19.2. The van der Waals surface area contributed by atoms with Gasteiger partial charge >= 0.3 is 0 Å². The molecule has 33 heavy (non-hydrogen) atoms. The minimum atomic E-state index is -0.145. The topological polar surface area (TPSA) is 65.8 Å². The van der Waals surface area contributed by atoms with Crippen molar-refractivity contribution in [3.8, 4) is 11.4 Å². The number of halogens is 1. The molecule has 168 valence electrons. The van der Waals surface area contributed by atoms with Crippen molar-refractivity contribution in [2.75, 3.05) is 38.1 Å². The number of fused-ring (bicyclic) bond motifs is 1. The van der Waals surface area contributed by atoms with Crippen LogP contribution in [0.1, 0.15) is 15.9 Å². The number of hydrogen-bond acceptors (Lipinski definition) is 5. The molecule has 0 saturated carbocycles. The van der Waals surface area contributed by atoms with E-state index in [4.69, 9.17) is 11.6 Å². The number of rotatable bonds is 5. The average Bonchev–Trinajstić information content (AvgIpc) is 3.27. The second-order valence-electron chi connectivity index (χ2n) is 8.32. The van der Waals surface area contributed by atoms with Gasteiger partial charge in [0.05, 0.1) is 0 Å². The number of anilines is 1. The molecular formula is C25H25ClN6O. The average molecular weight is 461 g/mol. The number of nitrogens with zero attached hydrogens (tertiary/aromatic N) is 5. The highest BCUT2D eigenvalue weighted by Crippen LogP contribution is 2.22. The second kappa shape index (κ2) is 9.21. The summed E-state index contributed by atoms with van der Waals surface area (Å²) in [6.45, 7) is 4.70. The predicted molar refractivity (Wildman–Crippen MR) is 131 cm³/mol. The van der Waals surface area contributed by atoms with Crippen molar-refractivity contribution in [3.63, 3.8) is 0 Å². The summed E-state index contributed by atoms with van der Waals surface area (Å²) in [5.74, 6) is 0.535. The molecule has 0 unspecified atom stereocenters. The Hall–Kier alpha value is -3.42. The SMILES string of the molecule is CN1CCN(c2ccc(CNC(=O)c3ccn4c(-c5cccc(Cl)c5)nnc4c3)cc2)CC1. The number of carbonyl (C=O) groups is 1. The lowest BCUT2D eigenvalue weighted by atomic mass is 10.1. The monoisotopic (exact) mass is 460 g/mol. The van der Waals surface area contributed by atoms with Crippen LogP contribution < -0.4 is 10.2 Å². The third-order valence-corrected chi connectivity index (χ3v) is 6.25. The van der Waals surface area contributed by atoms with Crippen LogP contribution in [-0.2, 0) is 6.54 Å². The quantitative estimate of drug-likeness (QED) is 0.491. The van der Waals surface area contributed by atoms with Crippen molar-refractivity contribution in [2.45, 2.75) is 6.54 Å². The van der Waals surface area contributed by atoms with Crippen LogP contribution in [0.15, 0.2) is 66.9 Å². The molecule has 0 spiro atoms. The van der Waals surface area contributed by atoms with E-state index in [1.165, 1.54) is 5.69 Å². The number of nitrogens with one attached hydrogen (secondary N) is 1. The molecule has 2 aromatic heterocycles. The van der Waals surface area contributed by atoms with E-state index < -0.39 is 0 Å². The first kappa shape index (κ1) is 21.4. The molecule has 1 aliphatic heterocycles. The first-order valence-corrected chi connectivity index (χ1v) is 11.4. The van der Waals surface area contributed by atoms with E-state index in [2.05, 4.69) is 56.6 Å². The van der Waals surface area contributed by atoms with Crippen molar-refractivity contribution in [1.29, 1.82) is 0 Å². The fraction of sp³-hybridized carbons (Fsp3) is 0.240. The summed E-state index contributed by atoms with van der Waals surface area (Å²) in [4.78, 5) is 17.5. The highest BCUT2D eigenvalue weighted by molar-refractivity contribution is 6.30. The first-order valence-electron chi connectivity index (χ1n) is 11.0. The van der Waals surface area contributed by atoms with Crippen LogP contribution >= 0.6 is 11.6 Å². The standard InChI is InChI=1S/C25H25ClN6O/c1-30-11-13-31(14-12-30)22-7-5-18(6-8-22)17-27-25(33)20-9-10-32-23(16-20)28-29-24(32)19-3-2-4-21(26)15-19/h2-10,15-16H,11-14,17H2,1H3,(H,27,33). The maximum Gasteiger partial charge on any atom is 0.251 e. The third kappa shape index (κ3) is 4.69. The highest BCUT2D eigenvalue weighted by Gasteiger charge is 2.15. The molecule has 0 atom stereocenters. The Bertz CT molecular complexity index is 1280. The molecule has 1 N–H and O–H groups in total. The van der Waals surface area contributed by atoms with Crippen molar-refractivity contribution < 1.29 is 4.79 Å². The molecule has 1 saturated heterocycles. The molecule has 0 bridgehead atoms. The van der Waals surface area contributed by atoms with Gasteiger partial charge in [-0.2, -0.15) is 0 Å². The third-order valence-electron chi connectivity index (χ3n) is 6.01. The molecule has 1 aliphatic rings. The van der Waals surface area contributed by atoms with Gasteiger partial charge in [-0.15, -0.1) is 10.2 Å². The Balaban J connectivity index is 1.24. The molecule has 1 amide bonds. The van der Waals surface area contributed by atoms with Crippen LogP contribution in [-0.4, -0.2) is 58.6 Å². The lowest BCUT2D eigenvalue weighted by molar-refractivity contribution is 0.0951. The number of benzene rings is 2. The van der Waals surface area contributed by atoms with Crippen molar-refractivity contribution >= 4 is 28.8 Å². The molecule has 7 nitrogen and oxygen atoms in total. The van der Waals surface area contributed by atoms with E-state index in [1.54, 1.807) is 12.1 Å². The van der Waals surface area contributed by atoms with Crippen LogP contribution in [0.3, 0.4) is 0 Å². The second-order valence-corrected chi connectivity index (χ2v) is 8.75. The first-order chi connectivity index (χ1) is 16.1. The van der Waals surface area contributed by atoms with Gasteiger partial charge in [-0.1, -0.05) is 35.9 Å². The van der Waals surface area contributed by atoms with Gasteiger partial charge in [-0.05, 0) is 49.0 Å². The van der Waals surface area contributed by atoms with Gasteiger partial charge in [0.15, 0.2) is 11.5 Å². The van der Waals surface area contributed by atoms with Crippen LogP contribution in [0.5, 0.6) is 0 Å². The normalized spacial score (nSPS) is 14.5. The summed E-state index contributed by atoms with van der Waals surface area (Å²) in [7, 11) is 2.15. The molecule has 2 aromatic carbocycles. The largest absolute Gasteiger partial charge is 0.369 e. The zero-order valence-electron chi connectivity index (χ0n) is 18.4. The van der Waals surface area contributed by atoms with Gasteiger partial charge in [0.25, 0.3) is 5.91 Å². The van der Waals surface area contributed by atoms with Crippen LogP contribution in [0, 0.1) is 0 Å². The smallest absolute Gasteiger partial charge is 0.251 e. The zero-order chi connectivity index (χ0) is 22.8. The van der Waals surface area contributed by atoms with Crippen molar-refractivity contribution in [3.05, 3.63) is 83.0 Å². The van der Waals surface area contributed by atoms with Crippen molar-refractivity contribution in [2.24, 2.45) is 0 Å². The number of hydrogen-bond donors (Lipinski definition) is 1. The molecule has 0 radical (unpaired) electrons. The van der Waals surface area contributed by atoms with E-state index >= 15 is 0 Å². The minimum Gasteiger partial charge on any atom is -0.369 e. The molecule has 1 fully saturated rings. The maximum atomic E-state index is 12.7. The van der Waals surface area contributed by atoms with Gasteiger partial charge in [0.1, 0.15) is 0 Å². The summed E-state index contributed by atoms with van der Waals surface area (Å²) in [6, 6.07) is 19.4. The van der Waals surface area contributed by atoms with Gasteiger partial charge in [-0.3, -0.25) is 9.20 Å². The number of amides is 1. The minimum absolute atomic E-state index is 0.145. The van der Waals surface area contributed by atoms with Crippen LogP contribution in [0.4, 0.5) is 5.69 Å². The Morgan fingerprint density at radius 1 is 1.00 bits per heavy atom. The number of carbonyl (C=O) groups excluding carboxylic acids is 1. The van der Waals surface area contributed by atoms with E-state index in [0.717, 1.165) is 37.3 Å². The number of piperazine rings is 1. The van der Waals surface area contributed by atoms with E-state index in [0.29, 0.717) is 28.6 Å². The molecule has 8 heteroatoms.